The minimum Gasteiger partial charge on any atom is -0.343 e. The zero-order valence-electron chi connectivity index (χ0n) is 14.8. The molecule has 134 valence electrons. The summed E-state index contributed by atoms with van der Waals surface area (Å²) in [6.45, 7) is 3.30. The van der Waals surface area contributed by atoms with Crippen LogP contribution in [0.5, 0.6) is 0 Å². The molecule has 1 saturated carbocycles. The number of carbonyl (C=O) groups is 1. The first-order valence-electron chi connectivity index (χ1n) is 8.82. The highest BCUT2D eigenvalue weighted by atomic mass is 35.5. The van der Waals surface area contributed by atoms with Gasteiger partial charge in [-0.1, -0.05) is 30.3 Å². The van der Waals surface area contributed by atoms with E-state index in [1.807, 2.05) is 4.90 Å². The second kappa shape index (κ2) is 6.79. The van der Waals surface area contributed by atoms with E-state index in [-0.39, 0.29) is 23.7 Å². The maximum atomic E-state index is 11.5. The van der Waals surface area contributed by atoms with Crippen molar-refractivity contribution < 1.29 is 4.79 Å². The fraction of sp³-hybridized carbons (Fsp3) is 0.526. The van der Waals surface area contributed by atoms with Gasteiger partial charge in [0.1, 0.15) is 11.6 Å². The molecule has 1 amide bonds. The zero-order chi connectivity index (χ0) is 16.7. The van der Waals surface area contributed by atoms with Gasteiger partial charge < -0.3 is 9.47 Å². The molecule has 2 aromatic rings. The van der Waals surface area contributed by atoms with Gasteiger partial charge in [-0.05, 0) is 31.2 Å². The van der Waals surface area contributed by atoms with Crippen molar-refractivity contribution in [3.05, 3.63) is 47.5 Å². The molecule has 0 unspecified atom stereocenters. The van der Waals surface area contributed by atoms with E-state index in [2.05, 4.69) is 52.1 Å². The van der Waals surface area contributed by atoms with Crippen molar-refractivity contribution >= 4 is 18.3 Å². The Morgan fingerprint density at radius 3 is 2.32 bits per heavy atom. The van der Waals surface area contributed by atoms with Gasteiger partial charge in [0.05, 0.1) is 5.41 Å². The van der Waals surface area contributed by atoms with E-state index in [1.165, 1.54) is 5.56 Å². The fourth-order valence-corrected chi connectivity index (χ4v) is 4.09. The molecular weight excluding hydrogens is 336 g/mol. The summed E-state index contributed by atoms with van der Waals surface area (Å²) in [6.07, 6.45) is 4.24. The van der Waals surface area contributed by atoms with Crippen LogP contribution >= 0.6 is 12.4 Å². The highest BCUT2D eigenvalue weighted by Crippen LogP contribution is 2.52. The van der Waals surface area contributed by atoms with Crippen molar-refractivity contribution in [3.8, 4) is 0 Å². The molecule has 0 radical (unpaired) electrons. The fourth-order valence-electron chi connectivity index (χ4n) is 4.09. The van der Waals surface area contributed by atoms with Gasteiger partial charge in [-0.15, -0.1) is 22.6 Å². The molecule has 6 heteroatoms. The Bertz CT molecular complexity index is 746. The second-order valence-corrected chi connectivity index (χ2v) is 7.17. The number of hydrogen-bond acceptors (Lipinski definition) is 3. The van der Waals surface area contributed by atoms with E-state index in [9.17, 15) is 4.79 Å². The molecule has 1 aliphatic carbocycles. The largest absolute Gasteiger partial charge is 0.343 e. The molecule has 2 fully saturated rings. The van der Waals surface area contributed by atoms with Crippen molar-refractivity contribution in [1.29, 1.82) is 0 Å². The molecule has 25 heavy (non-hydrogen) atoms. The smallest absolute Gasteiger partial charge is 0.219 e. The summed E-state index contributed by atoms with van der Waals surface area (Å²) in [4.78, 5) is 13.4. The average molecular weight is 361 g/mol. The van der Waals surface area contributed by atoms with Crippen molar-refractivity contribution in [2.75, 3.05) is 13.1 Å². The Kier molecular flexibility index (Phi) is 4.87. The normalized spacial score (nSPS) is 19.4. The zero-order valence-corrected chi connectivity index (χ0v) is 15.6. The predicted octanol–water partition coefficient (Wildman–Crippen LogP) is 3.04. The molecule has 0 bridgehead atoms. The number of benzene rings is 1. The third kappa shape index (κ3) is 3.06. The van der Waals surface area contributed by atoms with E-state index in [0.29, 0.717) is 5.92 Å². The first-order chi connectivity index (χ1) is 11.6. The van der Waals surface area contributed by atoms with E-state index in [1.54, 1.807) is 6.92 Å². The molecule has 4 rings (SSSR count). The first kappa shape index (κ1) is 17.9. The summed E-state index contributed by atoms with van der Waals surface area (Å²) in [5.74, 6) is 2.75. The van der Waals surface area contributed by atoms with Gasteiger partial charge in [-0.3, -0.25) is 4.79 Å². The van der Waals surface area contributed by atoms with Gasteiger partial charge in [0.25, 0.3) is 0 Å². The third-order valence-electron chi connectivity index (χ3n) is 5.72. The Balaban J connectivity index is 0.00000182. The van der Waals surface area contributed by atoms with Crippen LogP contribution < -0.4 is 0 Å². The summed E-state index contributed by atoms with van der Waals surface area (Å²) in [5, 5.41) is 9.14. The number of nitrogens with zero attached hydrogens (tertiary/aromatic N) is 4. The highest BCUT2D eigenvalue weighted by Gasteiger charge is 2.50. The Labute approximate surface area is 154 Å². The molecule has 1 saturated heterocycles. The summed E-state index contributed by atoms with van der Waals surface area (Å²) >= 11 is 0. The van der Waals surface area contributed by atoms with Crippen molar-refractivity contribution in [1.82, 2.24) is 19.7 Å². The van der Waals surface area contributed by atoms with E-state index < -0.39 is 0 Å². The van der Waals surface area contributed by atoms with Crippen LogP contribution in [0.3, 0.4) is 0 Å². The van der Waals surface area contributed by atoms with E-state index in [4.69, 9.17) is 0 Å². The topological polar surface area (TPSA) is 51.0 Å². The summed E-state index contributed by atoms with van der Waals surface area (Å²) < 4.78 is 2.22. The average Bonchev–Trinajstić information content (AvgIpc) is 3.33. The lowest BCUT2D eigenvalue weighted by Crippen LogP contribution is -2.36. The first-order valence-corrected chi connectivity index (χ1v) is 8.82. The van der Waals surface area contributed by atoms with Crippen molar-refractivity contribution in [2.45, 2.75) is 43.9 Å². The third-order valence-corrected chi connectivity index (χ3v) is 5.72. The van der Waals surface area contributed by atoms with Gasteiger partial charge in [-0.2, -0.15) is 0 Å². The number of piperidine rings is 1. The number of amides is 1. The summed E-state index contributed by atoms with van der Waals surface area (Å²) in [5.41, 5.74) is 1.40. The number of carbonyl (C=O) groups excluding carboxylic acids is 1. The number of hydrogen-bond donors (Lipinski definition) is 0. The van der Waals surface area contributed by atoms with Gasteiger partial charge >= 0.3 is 0 Å². The lowest BCUT2D eigenvalue weighted by atomic mass is 9.94. The SMILES string of the molecule is CC(=O)N1CCC(c2nnc(C3(c4ccccc4)CC3)n2C)CC1.Cl. The van der Waals surface area contributed by atoms with Crippen LogP contribution in [-0.4, -0.2) is 38.7 Å². The Morgan fingerprint density at radius 2 is 1.76 bits per heavy atom. The molecule has 2 aliphatic rings. The lowest BCUT2D eigenvalue weighted by molar-refractivity contribution is -0.129. The summed E-state index contributed by atoms with van der Waals surface area (Å²) in [6, 6.07) is 10.7. The quantitative estimate of drug-likeness (QED) is 0.845. The monoisotopic (exact) mass is 360 g/mol. The Hall–Kier alpha value is -1.88. The van der Waals surface area contributed by atoms with Crippen LogP contribution in [0.4, 0.5) is 0 Å². The van der Waals surface area contributed by atoms with Gasteiger partial charge in [-0.25, -0.2) is 0 Å². The van der Waals surface area contributed by atoms with Crippen LogP contribution in [-0.2, 0) is 17.3 Å². The maximum absolute atomic E-state index is 11.5. The van der Waals surface area contributed by atoms with Gasteiger partial charge in [0, 0.05) is 33.0 Å². The number of likely N-dealkylation sites (tertiary alicyclic amines) is 1. The standard InChI is InChI=1S/C19H24N4O.ClH/c1-14(24)23-12-8-15(9-13-23)17-20-21-18(22(17)2)19(10-11-19)16-6-4-3-5-7-16;/h3-7,15H,8-13H2,1-2H3;1H. The number of rotatable bonds is 3. The van der Waals surface area contributed by atoms with Gasteiger partial charge in [0.15, 0.2) is 0 Å². The van der Waals surface area contributed by atoms with Crippen LogP contribution in [0.15, 0.2) is 30.3 Å². The van der Waals surface area contributed by atoms with Gasteiger partial charge in [0.2, 0.25) is 5.91 Å². The molecule has 0 atom stereocenters. The van der Waals surface area contributed by atoms with E-state index in [0.717, 1.165) is 50.4 Å². The van der Waals surface area contributed by atoms with Crippen molar-refractivity contribution in [2.24, 2.45) is 7.05 Å². The minimum absolute atomic E-state index is 0. The predicted molar refractivity (Wildman–Crippen MR) is 98.9 cm³/mol. The minimum atomic E-state index is 0. The second-order valence-electron chi connectivity index (χ2n) is 7.17. The maximum Gasteiger partial charge on any atom is 0.219 e. The molecular formula is C19H25ClN4O. The van der Waals surface area contributed by atoms with Crippen LogP contribution in [0.2, 0.25) is 0 Å². The molecule has 0 N–H and O–H groups in total. The molecule has 1 aliphatic heterocycles. The van der Waals surface area contributed by atoms with Crippen molar-refractivity contribution in [3.63, 3.8) is 0 Å². The molecule has 0 spiro atoms. The number of halogens is 1. The molecule has 1 aromatic carbocycles. The Morgan fingerprint density at radius 1 is 1.12 bits per heavy atom. The molecule has 2 heterocycles. The van der Waals surface area contributed by atoms with Crippen LogP contribution in [0, 0.1) is 0 Å². The highest BCUT2D eigenvalue weighted by molar-refractivity contribution is 5.85. The number of aromatic nitrogens is 3. The molecule has 1 aromatic heterocycles. The molecule has 5 nitrogen and oxygen atoms in total. The summed E-state index contributed by atoms with van der Waals surface area (Å²) in [7, 11) is 2.10. The lowest BCUT2D eigenvalue weighted by Gasteiger charge is -2.30. The van der Waals surface area contributed by atoms with Crippen LogP contribution in [0.1, 0.15) is 55.7 Å². The van der Waals surface area contributed by atoms with Crippen LogP contribution in [0.25, 0.3) is 0 Å². The van der Waals surface area contributed by atoms with E-state index >= 15 is 0 Å².